The predicted octanol–water partition coefficient (Wildman–Crippen LogP) is 2.33. The topological polar surface area (TPSA) is 142 Å². The molecule has 3 N–H and O–H groups in total. The molecule has 0 aliphatic carbocycles. The molecular formula is C19H16N6O4. The van der Waals surface area contributed by atoms with Crippen molar-refractivity contribution in [1.82, 2.24) is 19.5 Å². The quantitative estimate of drug-likeness (QED) is 0.392. The van der Waals surface area contributed by atoms with Gasteiger partial charge in [0, 0.05) is 24.2 Å². The van der Waals surface area contributed by atoms with Gasteiger partial charge in [0.1, 0.15) is 5.75 Å². The molecule has 0 fully saturated rings. The van der Waals surface area contributed by atoms with E-state index in [1.807, 2.05) is 12.1 Å². The van der Waals surface area contributed by atoms with Gasteiger partial charge in [-0.1, -0.05) is 18.2 Å². The molecule has 0 atom stereocenters. The molecule has 0 saturated carbocycles. The first-order valence-corrected chi connectivity index (χ1v) is 8.58. The van der Waals surface area contributed by atoms with Crippen LogP contribution in [0.3, 0.4) is 0 Å². The first kappa shape index (κ1) is 18.2. The molecule has 2 aromatic heterocycles. The molecule has 4 rings (SSSR count). The molecule has 4 aromatic rings. The second kappa shape index (κ2) is 7.08. The molecule has 0 bridgehead atoms. The highest BCUT2D eigenvalue weighted by molar-refractivity contribution is 5.73. The first-order valence-electron chi connectivity index (χ1n) is 8.58. The third kappa shape index (κ3) is 3.38. The summed E-state index contributed by atoms with van der Waals surface area (Å²) in [7, 11) is 1.54. The summed E-state index contributed by atoms with van der Waals surface area (Å²) in [6, 6.07) is 11.8. The maximum absolute atomic E-state index is 12.2. The Labute approximate surface area is 163 Å². The number of nitro benzene ring substituents is 1. The summed E-state index contributed by atoms with van der Waals surface area (Å²) in [6.45, 7) is 0.344. The third-order valence-electron chi connectivity index (χ3n) is 4.49. The molecule has 2 heterocycles. The standard InChI is InChI=1S/C19H16N6O4/c1-29-15-6-5-11(7-14(15)12-3-2-4-13(8-12)25(27)28)9-24-10-21-17-16(24)18(26)23-19(20)22-17/h2-8,10H,9H2,1H3,(H3,20,22,23,26). The van der Waals surface area contributed by atoms with Crippen LogP contribution in [0.1, 0.15) is 5.56 Å². The van der Waals surface area contributed by atoms with Gasteiger partial charge >= 0.3 is 0 Å². The highest BCUT2D eigenvalue weighted by atomic mass is 16.6. The summed E-state index contributed by atoms with van der Waals surface area (Å²) in [5, 5.41) is 11.1. The Morgan fingerprint density at radius 3 is 2.86 bits per heavy atom. The molecule has 0 radical (unpaired) electrons. The van der Waals surface area contributed by atoms with E-state index in [0.717, 1.165) is 5.56 Å². The monoisotopic (exact) mass is 392 g/mol. The number of non-ortho nitro benzene ring substituents is 1. The van der Waals surface area contributed by atoms with E-state index in [2.05, 4.69) is 15.0 Å². The van der Waals surface area contributed by atoms with Crippen molar-refractivity contribution in [2.45, 2.75) is 6.54 Å². The molecule has 0 unspecified atom stereocenters. The highest BCUT2D eigenvalue weighted by Gasteiger charge is 2.14. The number of hydrogen-bond acceptors (Lipinski definition) is 7. The number of rotatable bonds is 5. The van der Waals surface area contributed by atoms with E-state index in [1.165, 1.54) is 25.6 Å². The Morgan fingerprint density at radius 1 is 1.28 bits per heavy atom. The van der Waals surface area contributed by atoms with Gasteiger partial charge in [0.2, 0.25) is 5.95 Å². The number of benzene rings is 2. The molecule has 0 aliphatic rings. The number of nitrogens with zero attached hydrogens (tertiary/aromatic N) is 4. The zero-order chi connectivity index (χ0) is 20.5. The fourth-order valence-electron chi connectivity index (χ4n) is 3.19. The van der Waals surface area contributed by atoms with Gasteiger partial charge in [-0.15, -0.1) is 0 Å². The highest BCUT2D eigenvalue weighted by Crippen LogP contribution is 2.33. The number of ether oxygens (including phenoxy) is 1. The van der Waals surface area contributed by atoms with Crippen LogP contribution >= 0.6 is 0 Å². The van der Waals surface area contributed by atoms with Crippen molar-refractivity contribution >= 4 is 22.8 Å². The number of H-pyrrole nitrogens is 1. The van der Waals surface area contributed by atoms with Crippen LogP contribution in [-0.2, 0) is 6.54 Å². The van der Waals surface area contributed by atoms with Crippen LogP contribution in [0.5, 0.6) is 5.75 Å². The van der Waals surface area contributed by atoms with Crippen molar-refractivity contribution in [3.05, 3.63) is 74.8 Å². The Kier molecular flexibility index (Phi) is 4.43. The van der Waals surface area contributed by atoms with Crippen molar-refractivity contribution in [1.29, 1.82) is 0 Å². The van der Waals surface area contributed by atoms with Gasteiger partial charge in [0.05, 0.1) is 18.4 Å². The van der Waals surface area contributed by atoms with E-state index < -0.39 is 4.92 Å². The Morgan fingerprint density at radius 2 is 2.10 bits per heavy atom. The Hall–Kier alpha value is -4.21. The minimum Gasteiger partial charge on any atom is -0.496 e. The number of nitro groups is 1. The molecular weight excluding hydrogens is 376 g/mol. The number of anilines is 1. The van der Waals surface area contributed by atoms with Crippen LogP contribution < -0.4 is 16.0 Å². The molecule has 0 saturated heterocycles. The summed E-state index contributed by atoms with van der Waals surface area (Å²) in [6.07, 6.45) is 1.52. The van der Waals surface area contributed by atoms with Crippen molar-refractivity contribution < 1.29 is 9.66 Å². The molecule has 29 heavy (non-hydrogen) atoms. The average Bonchev–Trinajstić information content (AvgIpc) is 3.10. The van der Waals surface area contributed by atoms with Crippen LogP contribution in [0.2, 0.25) is 0 Å². The lowest BCUT2D eigenvalue weighted by Crippen LogP contribution is -2.14. The van der Waals surface area contributed by atoms with Crippen molar-refractivity contribution in [3.8, 4) is 16.9 Å². The maximum atomic E-state index is 12.2. The number of methoxy groups -OCH3 is 1. The molecule has 10 heteroatoms. The fraction of sp³-hybridized carbons (Fsp3) is 0.105. The van der Waals surface area contributed by atoms with Gasteiger partial charge in [0.15, 0.2) is 11.2 Å². The van der Waals surface area contributed by atoms with Gasteiger partial charge in [-0.05, 0) is 23.3 Å². The lowest BCUT2D eigenvalue weighted by atomic mass is 10.0. The maximum Gasteiger partial charge on any atom is 0.278 e. The van der Waals surface area contributed by atoms with Gasteiger partial charge in [-0.3, -0.25) is 19.9 Å². The minimum absolute atomic E-state index is 0.00477. The average molecular weight is 392 g/mol. The van der Waals surface area contributed by atoms with Gasteiger partial charge in [0.25, 0.3) is 11.2 Å². The molecule has 0 spiro atoms. The molecule has 0 amide bonds. The number of aromatic nitrogens is 4. The number of fused-ring (bicyclic) bond motifs is 1. The summed E-state index contributed by atoms with van der Waals surface area (Å²) in [5.74, 6) is 0.585. The number of nitrogens with two attached hydrogens (primary N) is 1. The zero-order valence-corrected chi connectivity index (χ0v) is 15.3. The van der Waals surface area contributed by atoms with E-state index in [9.17, 15) is 14.9 Å². The lowest BCUT2D eigenvalue weighted by molar-refractivity contribution is -0.384. The van der Waals surface area contributed by atoms with E-state index in [0.29, 0.717) is 28.9 Å². The Bertz CT molecular complexity index is 1290. The van der Waals surface area contributed by atoms with Crippen LogP contribution in [0, 0.1) is 10.1 Å². The van der Waals surface area contributed by atoms with E-state index in [-0.39, 0.29) is 22.8 Å². The minimum atomic E-state index is -0.442. The third-order valence-corrected chi connectivity index (χ3v) is 4.49. The lowest BCUT2D eigenvalue weighted by Gasteiger charge is -2.12. The van der Waals surface area contributed by atoms with Crippen molar-refractivity contribution in [2.24, 2.45) is 0 Å². The first-order chi connectivity index (χ1) is 14.0. The summed E-state index contributed by atoms with van der Waals surface area (Å²) in [4.78, 5) is 33.5. The fourth-order valence-corrected chi connectivity index (χ4v) is 3.19. The second-order valence-corrected chi connectivity index (χ2v) is 6.34. The Balaban J connectivity index is 1.77. The summed E-state index contributed by atoms with van der Waals surface area (Å²) >= 11 is 0. The molecule has 10 nitrogen and oxygen atoms in total. The molecule has 2 aromatic carbocycles. The molecule has 146 valence electrons. The van der Waals surface area contributed by atoms with Crippen LogP contribution in [0.25, 0.3) is 22.3 Å². The van der Waals surface area contributed by atoms with Crippen molar-refractivity contribution in [2.75, 3.05) is 12.8 Å². The second-order valence-electron chi connectivity index (χ2n) is 6.34. The summed E-state index contributed by atoms with van der Waals surface area (Å²) in [5.41, 5.74) is 7.95. The number of aromatic amines is 1. The van der Waals surface area contributed by atoms with Gasteiger partial charge in [-0.25, -0.2) is 4.98 Å². The van der Waals surface area contributed by atoms with Crippen LogP contribution in [0.4, 0.5) is 11.6 Å². The molecule has 0 aliphatic heterocycles. The van der Waals surface area contributed by atoms with Gasteiger partial charge < -0.3 is 15.0 Å². The SMILES string of the molecule is COc1ccc(Cn2cnc3nc(N)[nH]c(=O)c32)cc1-c1cccc([N+](=O)[O-])c1. The number of hydrogen-bond donors (Lipinski definition) is 2. The van der Waals surface area contributed by atoms with Crippen LogP contribution in [0.15, 0.2) is 53.6 Å². The van der Waals surface area contributed by atoms with E-state index in [1.54, 1.807) is 22.8 Å². The van der Waals surface area contributed by atoms with Gasteiger partial charge in [-0.2, -0.15) is 4.98 Å². The number of imidazole rings is 1. The normalized spacial score (nSPS) is 10.9. The smallest absolute Gasteiger partial charge is 0.278 e. The predicted molar refractivity (Wildman–Crippen MR) is 107 cm³/mol. The number of nitrogens with one attached hydrogen (secondary N) is 1. The largest absolute Gasteiger partial charge is 0.496 e. The van der Waals surface area contributed by atoms with Crippen LogP contribution in [-0.4, -0.2) is 31.6 Å². The van der Waals surface area contributed by atoms with E-state index >= 15 is 0 Å². The number of nitrogen functional groups attached to an aromatic ring is 1. The summed E-state index contributed by atoms with van der Waals surface area (Å²) < 4.78 is 7.09. The zero-order valence-electron chi connectivity index (χ0n) is 15.3. The van der Waals surface area contributed by atoms with E-state index in [4.69, 9.17) is 10.5 Å². The van der Waals surface area contributed by atoms with Crippen molar-refractivity contribution in [3.63, 3.8) is 0 Å².